The molecule has 9 nitrogen and oxygen atoms in total. The fourth-order valence-electron chi connectivity index (χ4n) is 4.05. The van der Waals surface area contributed by atoms with Gasteiger partial charge in [-0.3, -0.25) is 24.5 Å². The highest BCUT2D eigenvalue weighted by atomic mass is 35.5. The molecule has 0 radical (unpaired) electrons. The molecular formula is C26H21ClFN3O6. The first-order valence-corrected chi connectivity index (χ1v) is 11.7. The fourth-order valence-corrected chi connectivity index (χ4v) is 4.24. The number of imide groups is 1. The summed E-state index contributed by atoms with van der Waals surface area (Å²) in [5.41, 5.74) is 0.257. The van der Waals surface area contributed by atoms with Gasteiger partial charge in [0.1, 0.15) is 22.6 Å². The summed E-state index contributed by atoms with van der Waals surface area (Å²) in [6.07, 6.45) is -0.297. The molecule has 0 N–H and O–H groups in total. The highest BCUT2D eigenvalue weighted by Crippen LogP contribution is 2.31. The number of nitro groups is 1. The molecule has 0 spiro atoms. The van der Waals surface area contributed by atoms with Crippen LogP contribution in [0.1, 0.15) is 29.3 Å². The summed E-state index contributed by atoms with van der Waals surface area (Å²) >= 11 is 5.89. The number of hydrogen-bond acceptors (Lipinski definition) is 6. The zero-order chi connectivity index (χ0) is 26.7. The van der Waals surface area contributed by atoms with Crippen LogP contribution < -0.4 is 9.64 Å². The van der Waals surface area contributed by atoms with Crippen molar-refractivity contribution in [2.24, 2.45) is 0 Å². The van der Waals surface area contributed by atoms with E-state index in [-0.39, 0.29) is 23.6 Å². The van der Waals surface area contributed by atoms with Crippen molar-refractivity contribution in [3.8, 4) is 5.75 Å². The number of hydrogen-bond donors (Lipinski definition) is 0. The second kappa shape index (κ2) is 10.8. The number of halogens is 2. The Balaban J connectivity index is 1.69. The van der Waals surface area contributed by atoms with Crippen LogP contribution in [0.15, 0.2) is 66.7 Å². The zero-order valence-electron chi connectivity index (χ0n) is 19.6. The number of ether oxygens (including phenoxy) is 1. The molecule has 1 saturated heterocycles. The Bertz CT molecular complexity index is 1360. The standard InChI is InChI=1S/C26H21ClFN3O6/c1-2-37-20-10-8-19(9-11-20)30-24(32)14-23(26(30)34)29(15-16-3-6-18(28)7-4-16)25(33)17-5-12-21(27)22(13-17)31(35)36/h3-13,23H,2,14-15H2,1H3. The molecule has 1 aliphatic rings. The molecule has 1 fully saturated rings. The van der Waals surface area contributed by atoms with E-state index in [4.69, 9.17) is 16.3 Å². The maximum atomic E-state index is 13.6. The summed E-state index contributed by atoms with van der Waals surface area (Å²) in [7, 11) is 0. The molecule has 0 aliphatic carbocycles. The van der Waals surface area contributed by atoms with Gasteiger partial charge < -0.3 is 9.64 Å². The first-order chi connectivity index (χ1) is 17.7. The molecule has 1 aliphatic heterocycles. The molecule has 0 bridgehead atoms. The number of benzene rings is 3. The van der Waals surface area contributed by atoms with Crippen LogP contribution in [0, 0.1) is 15.9 Å². The van der Waals surface area contributed by atoms with Crippen molar-refractivity contribution < 1.29 is 28.4 Å². The summed E-state index contributed by atoms with van der Waals surface area (Å²) in [6, 6.07) is 14.1. The van der Waals surface area contributed by atoms with Crippen molar-refractivity contribution in [2.75, 3.05) is 11.5 Å². The van der Waals surface area contributed by atoms with Crippen molar-refractivity contribution >= 4 is 40.7 Å². The van der Waals surface area contributed by atoms with Crippen LogP contribution in [-0.4, -0.2) is 40.2 Å². The second-order valence-corrected chi connectivity index (χ2v) is 8.60. The Hall–Kier alpha value is -4.31. The maximum absolute atomic E-state index is 13.6. The second-order valence-electron chi connectivity index (χ2n) is 8.20. The largest absolute Gasteiger partial charge is 0.494 e. The number of rotatable bonds is 8. The van der Waals surface area contributed by atoms with Gasteiger partial charge in [0.05, 0.1) is 23.6 Å². The predicted octanol–water partition coefficient (Wildman–Crippen LogP) is 4.76. The monoisotopic (exact) mass is 525 g/mol. The van der Waals surface area contributed by atoms with Gasteiger partial charge >= 0.3 is 0 Å². The summed E-state index contributed by atoms with van der Waals surface area (Å²) in [6.45, 7) is 2.14. The van der Waals surface area contributed by atoms with Gasteiger partial charge in [0.2, 0.25) is 5.91 Å². The van der Waals surface area contributed by atoms with Crippen molar-refractivity contribution in [3.63, 3.8) is 0 Å². The third kappa shape index (κ3) is 5.44. The van der Waals surface area contributed by atoms with E-state index < -0.39 is 40.2 Å². The number of nitrogens with zero attached hydrogens (tertiary/aromatic N) is 3. The number of amides is 3. The third-order valence-electron chi connectivity index (χ3n) is 5.82. The van der Waals surface area contributed by atoms with Crippen LogP contribution in [0.5, 0.6) is 5.75 Å². The van der Waals surface area contributed by atoms with E-state index in [1.54, 1.807) is 24.3 Å². The normalized spacial score (nSPS) is 15.1. The lowest BCUT2D eigenvalue weighted by Crippen LogP contribution is -2.45. The Morgan fingerprint density at radius 3 is 2.43 bits per heavy atom. The van der Waals surface area contributed by atoms with E-state index in [2.05, 4.69) is 0 Å². The quantitative estimate of drug-likeness (QED) is 0.238. The average molecular weight is 526 g/mol. The van der Waals surface area contributed by atoms with E-state index in [1.807, 2.05) is 6.92 Å². The first kappa shape index (κ1) is 25.8. The van der Waals surface area contributed by atoms with E-state index in [9.17, 15) is 28.9 Å². The molecule has 0 aromatic heterocycles. The van der Waals surface area contributed by atoms with E-state index in [1.165, 1.54) is 36.4 Å². The van der Waals surface area contributed by atoms with E-state index in [0.29, 0.717) is 23.6 Å². The van der Waals surface area contributed by atoms with Crippen molar-refractivity contribution in [2.45, 2.75) is 25.9 Å². The fraction of sp³-hybridized carbons (Fsp3) is 0.192. The van der Waals surface area contributed by atoms with Gasteiger partial charge in [-0.05, 0) is 61.0 Å². The lowest BCUT2D eigenvalue weighted by molar-refractivity contribution is -0.384. The lowest BCUT2D eigenvalue weighted by Gasteiger charge is -2.28. The van der Waals surface area contributed by atoms with Gasteiger partial charge in [-0.2, -0.15) is 0 Å². The van der Waals surface area contributed by atoms with Crippen LogP contribution in [-0.2, 0) is 16.1 Å². The molecule has 4 rings (SSSR count). The summed E-state index contributed by atoms with van der Waals surface area (Å²) in [4.78, 5) is 52.8. The molecule has 1 atom stereocenters. The van der Waals surface area contributed by atoms with E-state index in [0.717, 1.165) is 15.9 Å². The number of carbonyl (C=O) groups excluding carboxylic acids is 3. The SMILES string of the molecule is CCOc1ccc(N2C(=O)CC(N(Cc3ccc(F)cc3)C(=O)c3ccc(Cl)c([N+](=O)[O-])c3)C2=O)cc1. The minimum atomic E-state index is -1.19. The molecule has 190 valence electrons. The van der Waals surface area contributed by atoms with Crippen LogP contribution >= 0.6 is 11.6 Å². The molecule has 3 amide bonds. The van der Waals surface area contributed by atoms with Crippen LogP contribution in [0.4, 0.5) is 15.8 Å². The Morgan fingerprint density at radius 1 is 1.14 bits per heavy atom. The Morgan fingerprint density at radius 2 is 1.81 bits per heavy atom. The van der Waals surface area contributed by atoms with Crippen LogP contribution in [0.25, 0.3) is 0 Å². The van der Waals surface area contributed by atoms with Crippen LogP contribution in [0.2, 0.25) is 5.02 Å². The topological polar surface area (TPSA) is 110 Å². The molecule has 37 heavy (non-hydrogen) atoms. The number of nitro benzene ring substituents is 1. The van der Waals surface area contributed by atoms with Gasteiger partial charge in [-0.15, -0.1) is 0 Å². The lowest BCUT2D eigenvalue weighted by atomic mass is 10.1. The summed E-state index contributed by atoms with van der Waals surface area (Å²) < 4.78 is 18.9. The Kier molecular flexibility index (Phi) is 7.49. The number of anilines is 1. The minimum Gasteiger partial charge on any atom is -0.494 e. The van der Waals surface area contributed by atoms with Crippen molar-refractivity contribution in [1.82, 2.24) is 4.90 Å². The number of carbonyl (C=O) groups is 3. The van der Waals surface area contributed by atoms with Gasteiger partial charge in [-0.1, -0.05) is 23.7 Å². The molecule has 11 heteroatoms. The third-order valence-corrected chi connectivity index (χ3v) is 6.14. The summed E-state index contributed by atoms with van der Waals surface area (Å²) in [5.74, 6) is -1.78. The molecule has 1 unspecified atom stereocenters. The Labute approximate surface area is 216 Å². The van der Waals surface area contributed by atoms with Crippen molar-refractivity contribution in [1.29, 1.82) is 0 Å². The average Bonchev–Trinajstić information content (AvgIpc) is 3.17. The van der Waals surface area contributed by atoms with Gasteiger partial charge in [-0.25, -0.2) is 9.29 Å². The summed E-state index contributed by atoms with van der Waals surface area (Å²) in [5, 5.41) is 11.2. The highest BCUT2D eigenvalue weighted by Gasteiger charge is 2.44. The smallest absolute Gasteiger partial charge is 0.288 e. The molecular weight excluding hydrogens is 505 g/mol. The van der Waals surface area contributed by atoms with Crippen molar-refractivity contribution in [3.05, 3.63) is 98.8 Å². The van der Waals surface area contributed by atoms with E-state index >= 15 is 0 Å². The van der Waals surface area contributed by atoms with Gasteiger partial charge in [0.25, 0.3) is 17.5 Å². The van der Waals surface area contributed by atoms with Crippen LogP contribution in [0.3, 0.4) is 0 Å². The molecule has 3 aromatic carbocycles. The highest BCUT2D eigenvalue weighted by molar-refractivity contribution is 6.32. The predicted molar refractivity (Wildman–Crippen MR) is 133 cm³/mol. The van der Waals surface area contributed by atoms with Gasteiger partial charge in [0.15, 0.2) is 0 Å². The zero-order valence-corrected chi connectivity index (χ0v) is 20.4. The molecule has 3 aromatic rings. The molecule has 1 heterocycles. The van der Waals surface area contributed by atoms with Gasteiger partial charge in [0, 0.05) is 18.2 Å². The molecule has 0 saturated carbocycles. The maximum Gasteiger partial charge on any atom is 0.288 e. The minimum absolute atomic E-state index is 0.0852. The first-order valence-electron chi connectivity index (χ1n) is 11.3.